The van der Waals surface area contributed by atoms with E-state index in [1.165, 1.54) is 37.2 Å². The summed E-state index contributed by atoms with van der Waals surface area (Å²) in [7, 11) is 0. The van der Waals surface area contributed by atoms with Crippen molar-refractivity contribution < 1.29 is 0 Å². The number of aromatic nitrogens is 2. The maximum Gasteiger partial charge on any atom is 0.194 e. The zero-order valence-corrected chi connectivity index (χ0v) is 18.5. The number of guanidine groups is 1. The highest BCUT2D eigenvalue weighted by atomic mass is 32.1. The van der Waals surface area contributed by atoms with E-state index < -0.39 is 0 Å². The molecule has 2 aliphatic rings. The van der Waals surface area contributed by atoms with Crippen molar-refractivity contribution in [3.63, 3.8) is 0 Å². The van der Waals surface area contributed by atoms with Crippen molar-refractivity contribution in [1.82, 2.24) is 24.7 Å². The lowest BCUT2D eigenvalue weighted by Gasteiger charge is -2.39. The summed E-state index contributed by atoms with van der Waals surface area (Å²) in [5, 5.41) is 5.75. The molecule has 2 aromatic rings. The first-order chi connectivity index (χ1) is 14.3. The Bertz CT molecular complexity index is 750. The Balaban J connectivity index is 1.50. The van der Waals surface area contributed by atoms with Gasteiger partial charge in [-0.2, -0.15) is 0 Å². The number of likely N-dealkylation sites (tertiary alicyclic amines) is 2. The van der Waals surface area contributed by atoms with Crippen molar-refractivity contribution in [2.24, 2.45) is 10.9 Å². The molecular weight excluding hydrogens is 380 g/mol. The number of rotatable bonds is 6. The van der Waals surface area contributed by atoms with Crippen LogP contribution in [0.2, 0.25) is 0 Å². The van der Waals surface area contributed by atoms with Gasteiger partial charge in [-0.05, 0) is 56.6 Å². The summed E-state index contributed by atoms with van der Waals surface area (Å²) < 4.78 is 2.26. The fraction of sp³-hybridized carbons (Fsp3) is 0.636. The van der Waals surface area contributed by atoms with Crippen molar-refractivity contribution in [2.45, 2.75) is 45.2 Å². The number of thiophene rings is 1. The molecule has 0 radical (unpaired) electrons. The third-order valence-electron chi connectivity index (χ3n) is 6.33. The van der Waals surface area contributed by atoms with Gasteiger partial charge in [-0.1, -0.05) is 13.0 Å². The summed E-state index contributed by atoms with van der Waals surface area (Å²) in [5.74, 6) is 1.71. The van der Waals surface area contributed by atoms with Gasteiger partial charge in [0.25, 0.3) is 0 Å². The Morgan fingerprint density at radius 3 is 2.90 bits per heavy atom. The summed E-state index contributed by atoms with van der Waals surface area (Å²) in [4.78, 5) is 15.9. The number of nitrogens with one attached hydrogen (secondary N) is 1. The standard InChI is InChI=1S/C22H34N6S/c1-3-24-22(27-12-8-18(2)20(16-27)28-13-9-23-17-28)25-15-19(21-7-6-14-29-21)26-10-4-5-11-26/h6-7,9,13-14,17-20H,3-5,8,10-12,15-16H2,1-2H3,(H,24,25). The third kappa shape index (κ3) is 4.83. The lowest BCUT2D eigenvalue weighted by Crippen LogP contribution is -2.49. The molecule has 6 nitrogen and oxygen atoms in total. The van der Waals surface area contributed by atoms with E-state index in [9.17, 15) is 0 Å². The molecular formula is C22H34N6S. The van der Waals surface area contributed by atoms with Gasteiger partial charge in [0.1, 0.15) is 0 Å². The number of hydrogen-bond acceptors (Lipinski definition) is 4. The molecule has 2 saturated heterocycles. The van der Waals surface area contributed by atoms with Gasteiger partial charge in [0.15, 0.2) is 5.96 Å². The van der Waals surface area contributed by atoms with Crippen LogP contribution in [0.4, 0.5) is 0 Å². The zero-order chi connectivity index (χ0) is 20.1. The number of hydrogen-bond donors (Lipinski definition) is 1. The average Bonchev–Trinajstić information content (AvgIpc) is 3.51. The van der Waals surface area contributed by atoms with Crippen LogP contribution in [0.25, 0.3) is 0 Å². The molecule has 7 heteroatoms. The van der Waals surface area contributed by atoms with Crippen LogP contribution in [-0.4, -0.2) is 64.6 Å². The lowest BCUT2D eigenvalue weighted by atomic mass is 9.93. The van der Waals surface area contributed by atoms with Gasteiger partial charge < -0.3 is 14.8 Å². The first kappa shape index (κ1) is 20.4. The SMILES string of the molecule is CCNC(=NCC(c1cccs1)N1CCCC1)N1CCC(C)C(n2ccnc2)C1. The van der Waals surface area contributed by atoms with E-state index in [0.29, 0.717) is 18.0 Å². The monoisotopic (exact) mass is 414 g/mol. The summed E-state index contributed by atoms with van der Waals surface area (Å²) >= 11 is 1.86. The average molecular weight is 415 g/mol. The maximum absolute atomic E-state index is 5.15. The highest BCUT2D eigenvalue weighted by Crippen LogP contribution is 2.30. The number of imidazole rings is 1. The summed E-state index contributed by atoms with van der Waals surface area (Å²) in [6.07, 6.45) is 9.72. The molecule has 1 N–H and O–H groups in total. The number of nitrogens with zero attached hydrogens (tertiary/aromatic N) is 5. The molecule has 4 heterocycles. The minimum Gasteiger partial charge on any atom is -0.357 e. The first-order valence-electron chi connectivity index (χ1n) is 11.0. The van der Waals surface area contributed by atoms with Gasteiger partial charge in [0.2, 0.25) is 0 Å². The molecule has 29 heavy (non-hydrogen) atoms. The van der Waals surface area contributed by atoms with Crippen molar-refractivity contribution in [3.05, 3.63) is 41.1 Å². The largest absolute Gasteiger partial charge is 0.357 e. The van der Waals surface area contributed by atoms with Crippen LogP contribution in [0.5, 0.6) is 0 Å². The normalized spacial score (nSPS) is 24.8. The topological polar surface area (TPSA) is 48.7 Å². The second kappa shape index (κ2) is 9.76. The Labute approximate surface area is 178 Å². The Morgan fingerprint density at radius 1 is 1.34 bits per heavy atom. The highest BCUT2D eigenvalue weighted by molar-refractivity contribution is 7.10. The summed E-state index contributed by atoms with van der Waals surface area (Å²) in [6, 6.07) is 5.29. The molecule has 3 unspecified atom stereocenters. The molecule has 0 aliphatic carbocycles. The molecule has 0 amide bonds. The molecule has 158 valence electrons. The predicted octanol–water partition coefficient (Wildman–Crippen LogP) is 3.63. The smallest absolute Gasteiger partial charge is 0.194 e. The number of piperidine rings is 1. The van der Waals surface area contributed by atoms with Gasteiger partial charge in [-0.25, -0.2) is 4.98 Å². The summed E-state index contributed by atoms with van der Waals surface area (Å²) in [5.41, 5.74) is 0. The number of aliphatic imine (C=N–C) groups is 1. The summed E-state index contributed by atoms with van der Waals surface area (Å²) in [6.45, 7) is 10.7. The Kier molecular flexibility index (Phi) is 6.87. The first-order valence-corrected chi connectivity index (χ1v) is 11.9. The third-order valence-corrected chi connectivity index (χ3v) is 7.30. The molecule has 0 spiro atoms. The van der Waals surface area contributed by atoms with Gasteiger partial charge in [0.05, 0.1) is 25.0 Å². The van der Waals surface area contributed by atoms with Crippen LogP contribution in [-0.2, 0) is 0 Å². The molecule has 2 fully saturated rings. The highest BCUT2D eigenvalue weighted by Gasteiger charge is 2.30. The minimum absolute atomic E-state index is 0.402. The molecule has 0 bridgehead atoms. The van der Waals surface area contributed by atoms with Crippen LogP contribution in [0.15, 0.2) is 41.2 Å². The fourth-order valence-corrected chi connectivity index (χ4v) is 5.47. The zero-order valence-electron chi connectivity index (χ0n) is 17.7. The second-order valence-corrected chi connectivity index (χ2v) is 9.24. The van der Waals surface area contributed by atoms with E-state index in [0.717, 1.165) is 32.1 Å². The van der Waals surface area contributed by atoms with Crippen molar-refractivity contribution in [3.8, 4) is 0 Å². The second-order valence-electron chi connectivity index (χ2n) is 8.26. The van der Waals surface area contributed by atoms with E-state index in [2.05, 4.69) is 62.2 Å². The Morgan fingerprint density at radius 2 is 2.21 bits per heavy atom. The van der Waals surface area contributed by atoms with Gasteiger partial charge in [-0.3, -0.25) is 9.89 Å². The molecule has 2 aliphatic heterocycles. The van der Waals surface area contributed by atoms with E-state index in [-0.39, 0.29) is 0 Å². The molecule has 4 rings (SSSR count). The fourth-order valence-electron chi connectivity index (χ4n) is 4.61. The molecule has 0 aromatic carbocycles. The van der Waals surface area contributed by atoms with Crippen molar-refractivity contribution in [1.29, 1.82) is 0 Å². The van der Waals surface area contributed by atoms with E-state index in [4.69, 9.17) is 4.99 Å². The van der Waals surface area contributed by atoms with Crippen LogP contribution < -0.4 is 5.32 Å². The van der Waals surface area contributed by atoms with Crippen molar-refractivity contribution >= 4 is 17.3 Å². The lowest BCUT2D eigenvalue weighted by molar-refractivity contribution is 0.188. The minimum atomic E-state index is 0.402. The van der Waals surface area contributed by atoms with Crippen LogP contribution in [0, 0.1) is 5.92 Å². The molecule has 0 saturated carbocycles. The van der Waals surface area contributed by atoms with Crippen LogP contribution in [0.1, 0.15) is 50.1 Å². The van der Waals surface area contributed by atoms with Gasteiger partial charge >= 0.3 is 0 Å². The van der Waals surface area contributed by atoms with Crippen LogP contribution >= 0.6 is 11.3 Å². The van der Waals surface area contributed by atoms with Crippen molar-refractivity contribution in [2.75, 3.05) is 39.3 Å². The molecule has 3 atom stereocenters. The van der Waals surface area contributed by atoms with Crippen LogP contribution in [0.3, 0.4) is 0 Å². The van der Waals surface area contributed by atoms with Gasteiger partial charge in [-0.15, -0.1) is 11.3 Å². The predicted molar refractivity (Wildman–Crippen MR) is 120 cm³/mol. The maximum atomic E-state index is 5.15. The van der Waals surface area contributed by atoms with E-state index >= 15 is 0 Å². The molecule has 2 aromatic heterocycles. The van der Waals surface area contributed by atoms with E-state index in [1.54, 1.807) is 0 Å². The quantitative estimate of drug-likeness (QED) is 0.579. The van der Waals surface area contributed by atoms with Gasteiger partial charge in [0, 0.05) is 36.9 Å². The Hall–Kier alpha value is -1.86. The van der Waals surface area contributed by atoms with E-state index in [1.807, 2.05) is 23.9 Å².